The molecule has 3 rings (SSSR count). The Kier molecular flexibility index (Phi) is 4.27. The van der Waals surface area contributed by atoms with Crippen molar-refractivity contribution in [2.24, 2.45) is 0 Å². The van der Waals surface area contributed by atoms with Crippen LogP contribution in [0.1, 0.15) is 5.56 Å². The van der Waals surface area contributed by atoms with Gasteiger partial charge in [0.25, 0.3) is 0 Å². The van der Waals surface area contributed by atoms with Crippen molar-refractivity contribution in [1.82, 2.24) is 20.3 Å². The minimum Gasteiger partial charge on any atom is -0.354 e. The zero-order valence-corrected chi connectivity index (χ0v) is 12.2. The maximum Gasteiger partial charge on any atom is 0.241 e. The average molecular weight is 316 g/mol. The monoisotopic (exact) mass is 316 g/mol. The van der Waals surface area contributed by atoms with Crippen LogP contribution in [0, 0.1) is 11.6 Å². The van der Waals surface area contributed by atoms with Gasteiger partial charge in [-0.25, -0.2) is 13.5 Å². The molecule has 0 saturated carbocycles. The van der Waals surface area contributed by atoms with E-state index in [9.17, 15) is 13.6 Å². The smallest absolute Gasteiger partial charge is 0.241 e. The summed E-state index contributed by atoms with van der Waals surface area (Å²) in [6.07, 6.45) is 0.0857. The number of benzene rings is 2. The van der Waals surface area contributed by atoms with E-state index in [1.165, 1.54) is 22.9 Å². The van der Waals surface area contributed by atoms with E-state index in [2.05, 4.69) is 15.6 Å². The molecule has 1 aromatic heterocycles. The van der Waals surface area contributed by atoms with E-state index >= 15 is 0 Å². The lowest BCUT2D eigenvalue weighted by Crippen LogP contribution is -2.30. The molecule has 5 nitrogen and oxygen atoms in total. The second-order valence-electron chi connectivity index (χ2n) is 5.04. The third-order valence-electron chi connectivity index (χ3n) is 3.47. The van der Waals surface area contributed by atoms with E-state index in [1.54, 1.807) is 6.07 Å². The Balaban J connectivity index is 1.58. The van der Waals surface area contributed by atoms with Crippen molar-refractivity contribution in [3.63, 3.8) is 0 Å². The van der Waals surface area contributed by atoms with Gasteiger partial charge in [0.2, 0.25) is 5.91 Å². The van der Waals surface area contributed by atoms with Crippen LogP contribution in [0.4, 0.5) is 8.78 Å². The highest BCUT2D eigenvalue weighted by Crippen LogP contribution is 2.12. The summed E-state index contributed by atoms with van der Waals surface area (Å²) in [5.74, 6) is -1.51. The molecule has 1 N–H and O–H groups in total. The predicted molar refractivity (Wildman–Crippen MR) is 80.6 cm³/mol. The summed E-state index contributed by atoms with van der Waals surface area (Å²) in [5.41, 5.74) is 1.43. The van der Waals surface area contributed by atoms with E-state index in [0.29, 0.717) is 5.52 Å². The van der Waals surface area contributed by atoms with Crippen LogP contribution in [0.15, 0.2) is 42.5 Å². The molecule has 7 heteroatoms. The van der Waals surface area contributed by atoms with Crippen LogP contribution in [-0.4, -0.2) is 27.4 Å². The number of hydrogen-bond acceptors (Lipinski definition) is 3. The fraction of sp³-hybridized carbons (Fsp3) is 0.188. The highest BCUT2D eigenvalue weighted by atomic mass is 19.1. The molecule has 0 radical (unpaired) electrons. The molecular formula is C16H14F2N4O. The first kappa shape index (κ1) is 15.1. The number of carbonyl (C=O) groups excluding carboxylic acids is 1. The van der Waals surface area contributed by atoms with Crippen molar-refractivity contribution >= 4 is 16.9 Å². The second kappa shape index (κ2) is 6.51. The summed E-state index contributed by atoms with van der Waals surface area (Å²) in [5, 5.41) is 10.5. The number of rotatable bonds is 5. The lowest BCUT2D eigenvalue weighted by atomic mass is 10.1. The summed E-state index contributed by atoms with van der Waals surface area (Å²) in [7, 11) is 0. The molecule has 0 fully saturated rings. The maximum atomic E-state index is 13.5. The van der Waals surface area contributed by atoms with E-state index < -0.39 is 11.6 Å². The van der Waals surface area contributed by atoms with Crippen LogP contribution in [0.2, 0.25) is 0 Å². The number of nitrogens with zero attached hydrogens (tertiary/aromatic N) is 3. The fourth-order valence-electron chi connectivity index (χ4n) is 2.32. The van der Waals surface area contributed by atoms with Crippen LogP contribution in [0.25, 0.3) is 11.0 Å². The van der Waals surface area contributed by atoms with Gasteiger partial charge in [0.05, 0.1) is 5.52 Å². The fourth-order valence-corrected chi connectivity index (χ4v) is 2.32. The predicted octanol–water partition coefficient (Wildman–Crippen LogP) is 2.07. The van der Waals surface area contributed by atoms with Gasteiger partial charge in [-0.15, -0.1) is 5.10 Å². The Bertz CT molecular complexity index is 827. The van der Waals surface area contributed by atoms with E-state index in [4.69, 9.17) is 0 Å². The molecule has 23 heavy (non-hydrogen) atoms. The number of para-hydroxylation sites is 1. The van der Waals surface area contributed by atoms with Crippen molar-refractivity contribution in [3.8, 4) is 0 Å². The summed E-state index contributed by atoms with van der Waals surface area (Å²) in [6.45, 7) is 0.142. The van der Waals surface area contributed by atoms with Crippen LogP contribution in [0.3, 0.4) is 0 Å². The molecule has 3 aromatic rings. The number of aromatic nitrogens is 3. The number of amides is 1. The molecule has 0 saturated heterocycles. The number of fused-ring (bicyclic) bond motifs is 1. The highest BCUT2D eigenvalue weighted by molar-refractivity contribution is 5.79. The van der Waals surface area contributed by atoms with Crippen molar-refractivity contribution in [2.75, 3.05) is 6.54 Å². The van der Waals surface area contributed by atoms with Crippen molar-refractivity contribution < 1.29 is 13.6 Å². The molecule has 2 aromatic carbocycles. The van der Waals surface area contributed by atoms with Crippen LogP contribution in [-0.2, 0) is 17.8 Å². The Morgan fingerprint density at radius 2 is 1.83 bits per heavy atom. The van der Waals surface area contributed by atoms with Crippen molar-refractivity contribution in [3.05, 3.63) is 59.7 Å². The molecule has 0 unspecified atom stereocenters. The van der Waals surface area contributed by atoms with Crippen molar-refractivity contribution in [1.29, 1.82) is 0 Å². The summed E-state index contributed by atoms with van der Waals surface area (Å²) in [6, 6.07) is 11.0. The lowest BCUT2D eigenvalue weighted by Gasteiger charge is -2.07. The van der Waals surface area contributed by atoms with Crippen LogP contribution >= 0.6 is 0 Å². The number of hydrogen-bond donors (Lipinski definition) is 1. The summed E-state index contributed by atoms with van der Waals surface area (Å²) in [4.78, 5) is 11.9. The highest BCUT2D eigenvalue weighted by Gasteiger charge is 2.10. The average Bonchev–Trinajstić information content (AvgIpc) is 2.93. The Hall–Kier alpha value is -2.83. The Morgan fingerprint density at radius 1 is 1.09 bits per heavy atom. The topological polar surface area (TPSA) is 59.8 Å². The SMILES string of the molecule is O=C(Cn1nnc2ccccc21)NCCc1c(F)cccc1F. The molecule has 0 spiro atoms. The van der Waals surface area contributed by atoms with Gasteiger partial charge in [0.1, 0.15) is 23.7 Å². The largest absolute Gasteiger partial charge is 0.354 e. The third-order valence-corrected chi connectivity index (χ3v) is 3.47. The third kappa shape index (κ3) is 3.33. The molecule has 1 amide bonds. The summed E-state index contributed by atoms with van der Waals surface area (Å²) < 4.78 is 28.4. The normalized spacial score (nSPS) is 10.9. The first-order chi connectivity index (χ1) is 11.1. The summed E-state index contributed by atoms with van der Waals surface area (Å²) >= 11 is 0. The van der Waals surface area contributed by atoms with Crippen molar-refractivity contribution in [2.45, 2.75) is 13.0 Å². The standard InChI is InChI=1S/C16H14F2N4O/c17-12-4-3-5-13(18)11(12)8-9-19-16(23)10-22-15-7-2-1-6-14(15)20-21-22/h1-7H,8-10H2,(H,19,23). The second-order valence-corrected chi connectivity index (χ2v) is 5.04. The van der Waals surface area contributed by atoms with Gasteiger partial charge in [-0.1, -0.05) is 23.4 Å². The zero-order chi connectivity index (χ0) is 16.2. The van der Waals surface area contributed by atoms with Gasteiger partial charge in [-0.3, -0.25) is 4.79 Å². The first-order valence-corrected chi connectivity index (χ1v) is 7.13. The molecule has 0 bridgehead atoms. The van der Waals surface area contributed by atoms with Gasteiger partial charge in [-0.2, -0.15) is 0 Å². The van der Waals surface area contributed by atoms with E-state index in [0.717, 1.165) is 5.52 Å². The number of carbonyl (C=O) groups is 1. The molecule has 0 aliphatic rings. The lowest BCUT2D eigenvalue weighted by molar-refractivity contribution is -0.121. The van der Waals surface area contributed by atoms with Crippen LogP contribution < -0.4 is 5.32 Å². The number of nitrogens with one attached hydrogen (secondary N) is 1. The number of halogens is 2. The zero-order valence-electron chi connectivity index (χ0n) is 12.2. The van der Waals surface area contributed by atoms with Gasteiger partial charge in [0.15, 0.2) is 0 Å². The first-order valence-electron chi connectivity index (χ1n) is 7.13. The van der Waals surface area contributed by atoms with Gasteiger partial charge < -0.3 is 5.32 Å². The minimum absolute atomic E-state index is 0.000265. The maximum absolute atomic E-state index is 13.5. The van der Waals surface area contributed by atoms with E-state index in [1.807, 2.05) is 18.2 Å². The molecular weight excluding hydrogens is 302 g/mol. The molecule has 118 valence electrons. The van der Waals surface area contributed by atoms with Crippen LogP contribution in [0.5, 0.6) is 0 Å². The Labute approximate surface area is 130 Å². The van der Waals surface area contributed by atoms with Gasteiger partial charge in [-0.05, 0) is 30.7 Å². The minimum atomic E-state index is -0.610. The van der Waals surface area contributed by atoms with Gasteiger partial charge in [0, 0.05) is 12.1 Å². The quantitative estimate of drug-likeness (QED) is 0.784. The molecule has 0 aliphatic heterocycles. The molecule has 0 atom stereocenters. The van der Waals surface area contributed by atoms with Gasteiger partial charge >= 0.3 is 0 Å². The molecule has 1 heterocycles. The Morgan fingerprint density at radius 3 is 2.61 bits per heavy atom. The molecule has 0 aliphatic carbocycles. The van der Waals surface area contributed by atoms with E-state index in [-0.39, 0.29) is 31.0 Å².